The largest absolute Gasteiger partial charge is 0.383 e. The van der Waals surface area contributed by atoms with Crippen molar-refractivity contribution in [3.8, 4) is 0 Å². The first-order valence-corrected chi connectivity index (χ1v) is 7.44. The van der Waals surface area contributed by atoms with Crippen molar-refractivity contribution in [2.24, 2.45) is 4.99 Å². The molecule has 0 spiro atoms. The number of halogens is 2. The maximum atomic E-state index is 13.5. The van der Waals surface area contributed by atoms with Crippen LogP contribution in [0.5, 0.6) is 0 Å². The van der Waals surface area contributed by atoms with E-state index >= 15 is 0 Å². The number of rotatable bonds is 8. The first-order valence-electron chi connectivity index (χ1n) is 7.44. The molecule has 132 valence electrons. The zero-order valence-corrected chi connectivity index (χ0v) is 16.7. The number of guanidine groups is 1. The number of aliphatic imine (C=N–C) groups is 1. The maximum absolute atomic E-state index is 13.5. The Balaban J connectivity index is 0.00000484. The van der Waals surface area contributed by atoms with Crippen LogP contribution < -0.4 is 10.6 Å². The van der Waals surface area contributed by atoms with Gasteiger partial charge in [-0.05, 0) is 31.2 Å². The molecular weight excluding hydrogens is 410 g/mol. The number of ether oxygens (including phenoxy) is 1. The van der Waals surface area contributed by atoms with Crippen LogP contribution in [0, 0.1) is 12.7 Å². The highest BCUT2D eigenvalue weighted by atomic mass is 127. The second kappa shape index (κ2) is 12.5. The topological polar surface area (TPSA) is 48.9 Å². The van der Waals surface area contributed by atoms with Gasteiger partial charge in [0.2, 0.25) is 0 Å². The summed E-state index contributed by atoms with van der Waals surface area (Å²) in [6.45, 7) is 5.59. The molecule has 0 amide bonds. The van der Waals surface area contributed by atoms with Gasteiger partial charge in [-0.2, -0.15) is 0 Å². The van der Waals surface area contributed by atoms with E-state index < -0.39 is 0 Å². The van der Waals surface area contributed by atoms with Gasteiger partial charge in [-0.3, -0.25) is 4.99 Å². The molecule has 0 unspecified atom stereocenters. The molecule has 0 saturated carbocycles. The molecule has 2 N–H and O–H groups in total. The van der Waals surface area contributed by atoms with Crippen LogP contribution in [0.1, 0.15) is 11.1 Å². The minimum atomic E-state index is -0.179. The van der Waals surface area contributed by atoms with Gasteiger partial charge in [0.15, 0.2) is 5.96 Å². The molecule has 0 heterocycles. The highest BCUT2D eigenvalue weighted by Crippen LogP contribution is 2.08. The Bertz CT molecular complexity index is 485. The minimum Gasteiger partial charge on any atom is -0.383 e. The summed E-state index contributed by atoms with van der Waals surface area (Å²) in [4.78, 5) is 6.34. The molecule has 1 aromatic carbocycles. The molecule has 0 fully saturated rings. The predicted molar refractivity (Wildman–Crippen MR) is 104 cm³/mol. The van der Waals surface area contributed by atoms with E-state index in [2.05, 4.69) is 20.5 Å². The van der Waals surface area contributed by atoms with E-state index in [1.807, 2.05) is 13.1 Å². The average molecular weight is 438 g/mol. The van der Waals surface area contributed by atoms with Crippen molar-refractivity contribution in [1.82, 2.24) is 15.5 Å². The van der Waals surface area contributed by atoms with Gasteiger partial charge >= 0.3 is 0 Å². The highest BCUT2D eigenvalue weighted by molar-refractivity contribution is 14.0. The van der Waals surface area contributed by atoms with Gasteiger partial charge in [-0.25, -0.2) is 4.39 Å². The second-order valence-electron chi connectivity index (χ2n) is 5.23. The maximum Gasteiger partial charge on any atom is 0.191 e. The number of aryl methyl sites for hydroxylation is 1. The highest BCUT2D eigenvalue weighted by Gasteiger charge is 2.02. The fourth-order valence-corrected chi connectivity index (χ4v) is 1.88. The van der Waals surface area contributed by atoms with Crippen molar-refractivity contribution in [1.29, 1.82) is 0 Å². The molecule has 0 bridgehead atoms. The first-order chi connectivity index (χ1) is 10.6. The summed E-state index contributed by atoms with van der Waals surface area (Å²) < 4.78 is 18.5. The molecule has 0 radical (unpaired) electrons. The number of methoxy groups -OCH3 is 1. The Hall–Kier alpha value is -0.930. The van der Waals surface area contributed by atoms with Gasteiger partial charge in [-0.15, -0.1) is 24.0 Å². The molecule has 0 aliphatic carbocycles. The summed E-state index contributed by atoms with van der Waals surface area (Å²) in [6.07, 6.45) is 0. The van der Waals surface area contributed by atoms with Gasteiger partial charge in [0.05, 0.1) is 6.61 Å². The van der Waals surface area contributed by atoms with Crippen LogP contribution in [-0.2, 0) is 11.3 Å². The number of hydrogen-bond acceptors (Lipinski definition) is 3. The van der Waals surface area contributed by atoms with Gasteiger partial charge in [-0.1, -0.05) is 12.1 Å². The van der Waals surface area contributed by atoms with Crippen LogP contribution in [-0.4, -0.2) is 58.3 Å². The zero-order valence-electron chi connectivity index (χ0n) is 14.4. The fraction of sp³-hybridized carbons (Fsp3) is 0.562. The SMILES string of the molecule is CN=C(NCCN(C)CCOC)NCc1ccc(C)c(F)c1.I. The molecule has 0 aromatic heterocycles. The lowest BCUT2D eigenvalue weighted by molar-refractivity contribution is 0.162. The number of nitrogens with zero attached hydrogens (tertiary/aromatic N) is 2. The van der Waals surface area contributed by atoms with E-state index in [1.54, 1.807) is 33.2 Å². The summed E-state index contributed by atoms with van der Waals surface area (Å²) in [7, 11) is 5.47. The lowest BCUT2D eigenvalue weighted by atomic mass is 10.1. The third-order valence-electron chi connectivity index (χ3n) is 3.38. The zero-order chi connectivity index (χ0) is 16.4. The molecule has 0 aliphatic rings. The van der Waals surface area contributed by atoms with E-state index in [0.29, 0.717) is 18.1 Å². The van der Waals surface area contributed by atoms with Crippen LogP contribution >= 0.6 is 24.0 Å². The molecule has 0 saturated heterocycles. The normalized spacial score (nSPS) is 11.3. The van der Waals surface area contributed by atoms with Crippen molar-refractivity contribution in [3.05, 3.63) is 35.1 Å². The van der Waals surface area contributed by atoms with E-state index in [-0.39, 0.29) is 29.8 Å². The minimum absolute atomic E-state index is 0. The van der Waals surface area contributed by atoms with E-state index in [9.17, 15) is 4.39 Å². The van der Waals surface area contributed by atoms with Crippen molar-refractivity contribution >= 4 is 29.9 Å². The lowest BCUT2D eigenvalue weighted by Gasteiger charge is -2.18. The fourth-order valence-electron chi connectivity index (χ4n) is 1.88. The number of nitrogens with one attached hydrogen (secondary N) is 2. The third kappa shape index (κ3) is 9.07. The molecule has 7 heteroatoms. The Labute approximate surface area is 155 Å². The third-order valence-corrected chi connectivity index (χ3v) is 3.38. The van der Waals surface area contributed by atoms with Gasteiger partial charge in [0.1, 0.15) is 5.82 Å². The average Bonchev–Trinajstić information content (AvgIpc) is 2.51. The molecular formula is C16H28FIN4O. The molecule has 5 nitrogen and oxygen atoms in total. The monoisotopic (exact) mass is 438 g/mol. The van der Waals surface area contributed by atoms with Crippen LogP contribution in [0.4, 0.5) is 4.39 Å². The van der Waals surface area contributed by atoms with Crippen molar-refractivity contribution in [3.63, 3.8) is 0 Å². The molecule has 1 rings (SSSR count). The summed E-state index contributed by atoms with van der Waals surface area (Å²) >= 11 is 0. The van der Waals surface area contributed by atoms with Gasteiger partial charge in [0.25, 0.3) is 0 Å². The van der Waals surface area contributed by atoms with Crippen molar-refractivity contribution in [2.75, 3.05) is 47.4 Å². The Kier molecular flexibility index (Phi) is 12.0. The Morgan fingerprint density at radius 3 is 2.65 bits per heavy atom. The summed E-state index contributed by atoms with van der Waals surface area (Å²) in [6, 6.07) is 5.25. The van der Waals surface area contributed by atoms with Gasteiger partial charge in [0, 0.05) is 40.3 Å². The summed E-state index contributed by atoms with van der Waals surface area (Å²) in [5, 5.41) is 6.41. The Morgan fingerprint density at radius 1 is 1.30 bits per heavy atom. The Morgan fingerprint density at radius 2 is 2.04 bits per heavy atom. The van der Waals surface area contributed by atoms with Crippen LogP contribution in [0.3, 0.4) is 0 Å². The molecule has 0 atom stereocenters. The molecule has 1 aromatic rings. The smallest absolute Gasteiger partial charge is 0.191 e. The van der Waals surface area contributed by atoms with E-state index in [4.69, 9.17) is 4.74 Å². The van der Waals surface area contributed by atoms with E-state index in [1.165, 1.54) is 0 Å². The van der Waals surface area contributed by atoms with Crippen LogP contribution in [0.2, 0.25) is 0 Å². The number of hydrogen-bond donors (Lipinski definition) is 2. The predicted octanol–water partition coefficient (Wildman–Crippen LogP) is 2.00. The quantitative estimate of drug-likeness (QED) is 0.371. The lowest BCUT2D eigenvalue weighted by Crippen LogP contribution is -2.41. The number of benzene rings is 1. The first kappa shape index (κ1) is 22.1. The molecule has 23 heavy (non-hydrogen) atoms. The van der Waals surface area contributed by atoms with Crippen LogP contribution in [0.25, 0.3) is 0 Å². The number of likely N-dealkylation sites (N-methyl/N-ethyl adjacent to an activating group) is 1. The van der Waals surface area contributed by atoms with Gasteiger partial charge < -0.3 is 20.3 Å². The van der Waals surface area contributed by atoms with Crippen LogP contribution in [0.15, 0.2) is 23.2 Å². The van der Waals surface area contributed by atoms with Crippen molar-refractivity contribution in [2.45, 2.75) is 13.5 Å². The standard InChI is InChI=1S/C16H27FN4O.HI/c1-13-5-6-14(11-15(13)17)12-20-16(18-2)19-7-8-21(3)9-10-22-4;/h5-6,11H,7-10,12H2,1-4H3,(H2,18,19,20);1H. The second-order valence-corrected chi connectivity index (χ2v) is 5.23. The summed E-state index contributed by atoms with van der Waals surface area (Å²) in [5.74, 6) is 0.531. The van der Waals surface area contributed by atoms with E-state index in [0.717, 1.165) is 31.8 Å². The van der Waals surface area contributed by atoms with Crippen molar-refractivity contribution < 1.29 is 9.13 Å². The summed E-state index contributed by atoms with van der Waals surface area (Å²) in [5.41, 5.74) is 1.55. The molecule has 0 aliphatic heterocycles.